The zero-order chi connectivity index (χ0) is 24.2. The highest BCUT2D eigenvalue weighted by Gasteiger charge is 2.24. The Kier molecular flexibility index (Phi) is 7.16. The molecule has 5 rings (SSSR count). The number of ether oxygens (including phenoxy) is 2. The summed E-state index contributed by atoms with van der Waals surface area (Å²) in [5.41, 5.74) is 2.85. The molecular weight excluding hydrogens is 464 g/mol. The fraction of sp³-hybridized carbons (Fsp3) is 0.370. The van der Waals surface area contributed by atoms with Crippen molar-refractivity contribution in [2.24, 2.45) is 5.92 Å². The van der Waals surface area contributed by atoms with Gasteiger partial charge in [0, 0.05) is 42.6 Å². The van der Waals surface area contributed by atoms with E-state index in [4.69, 9.17) is 21.1 Å². The molecule has 35 heavy (non-hydrogen) atoms. The fourth-order valence-corrected chi connectivity index (χ4v) is 5.00. The molecule has 7 nitrogen and oxygen atoms in total. The number of fused-ring (bicyclic) bond motifs is 1. The molecule has 0 bridgehead atoms. The number of anilines is 2. The topological polar surface area (TPSA) is 76.6 Å². The van der Waals surface area contributed by atoms with Gasteiger partial charge in [-0.3, -0.25) is 4.79 Å². The first-order valence-corrected chi connectivity index (χ1v) is 12.4. The number of nitrogens with one attached hydrogen (secondary N) is 1. The van der Waals surface area contributed by atoms with E-state index in [0.29, 0.717) is 35.7 Å². The SMILES string of the molecule is C=CC(=O)N1CCCC(c2ccc3ncnc(Nc4ccc(OCC5CCOC5)c(Cl)c4)c3c2)C1. The molecule has 3 aromatic rings. The number of benzene rings is 2. The zero-order valence-corrected chi connectivity index (χ0v) is 20.3. The molecular formula is C27H29ClN4O3. The first-order valence-electron chi connectivity index (χ1n) is 12.0. The van der Waals surface area contributed by atoms with Gasteiger partial charge in [-0.05, 0) is 61.2 Å². The molecule has 0 radical (unpaired) electrons. The summed E-state index contributed by atoms with van der Waals surface area (Å²) in [4.78, 5) is 22.9. The van der Waals surface area contributed by atoms with Crippen LogP contribution in [0, 0.1) is 5.92 Å². The van der Waals surface area contributed by atoms with Gasteiger partial charge >= 0.3 is 0 Å². The van der Waals surface area contributed by atoms with E-state index in [2.05, 4.69) is 34.0 Å². The van der Waals surface area contributed by atoms with Crippen LogP contribution in [0.25, 0.3) is 10.9 Å². The zero-order valence-electron chi connectivity index (χ0n) is 19.6. The number of amides is 1. The second-order valence-electron chi connectivity index (χ2n) is 9.14. The Morgan fingerprint density at radius 1 is 1.26 bits per heavy atom. The lowest BCUT2D eigenvalue weighted by molar-refractivity contribution is -0.127. The molecule has 1 amide bonds. The van der Waals surface area contributed by atoms with Crippen LogP contribution < -0.4 is 10.1 Å². The van der Waals surface area contributed by atoms with Crippen LogP contribution in [0.1, 0.15) is 30.7 Å². The molecule has 1 N–H and O–H groups in total. The second kappa shape index (κ2) is 10.6. The average Bonchev–Trinajstić information content (AvgIpc) is 3.41. The Bertz CT molecular complexity index is 1230. The third-order valence-electron chi connectivity index (χ3n) is 6.73. The normalized spacial score (nSPS) is 20.1. The number of carbonyl (C=O) groups excluding carboxylic acids is 1. The predicted molar refractivity (Wildman–Crippen MR) is 137 cm³/mol. The highest BCUT2D eigenvalue weighted by molar-refractivity contribution is 6.32. The van der Waals surface area contributed by atoms with Crippen molar-refractivity contribution >= 4 is 39.9 Å². The lowest BCUT2D eigenvalue weighted by Crippen LogP contribution is -2.38. The molecule has 2 saturated heterocycles. The largest absolute Gasteiger partial charge is 0.492 e. The van der Waals surface area contributed by atoms with Gasteiger partial charge in [0.25, 0.3) is 0 Å². The van der Waals surface area contributed by atoms with Crippen molar-refractivity contribution in [2.75, 3.05) is 38.2 Å². The van der Waals surface area contributed by atoms with Crippen LogP contribution in [-0.4, -0.2) is 53.7 Å². The molecule has 1 aromatic heterocycles. The van der Waals surface area contributed by atoms with Crippen molar-refractivity contribution in [3.05, 3.63) is 66.0 Å². The Balaban J connectivity index is 1.34. The van der Waals surface area contributed by atoms with Crippen LogP contribution in [0.4, 0.5) is 11.5 Å². The number of halogens is 1. The molecule has 182 valence electrons. The number of nitrogens with zero attached hydrogens (tertiary/aromatic N) is 3. The molecule has 8 heteroatoms. The molecule has 2 aliphatic heterocycles. The van der Waals surface area contributed by atoms with E-state index >= 15 is 0 Å². The van der Waals surface area contributed by atoms with Crippen molar-refractivity contribution in [1.82, 2.24) is 14.9 Å². The molecule has 2 aromatic carbocycles. The second-order valence-corrected chi connectivity index (χ2v) is 9.54. The van der Waals surface area contributed by atoms with Gasteiger partial charge in [-0.15, -0.1) is 0 Å². The summed E-state index contributed by atoms with van der Waals surface area (Å²) < 4.78 is 11.3. The maximum Gasteiger partial charge on any atom is 0.245 e. The summed E-state index contributed by atoms with van der Waals surface area (Å²) in [7, 11) is 0. The maximum absolute atomic E-state index is 12.1. The lowest BCUT2D eigenvalue weighted by atomic mass is 9.90. The molecule has 2 fully saturated rings. The number of carbonyl (C=O) groups is 1. The summed E-state index contributed by atoms with van der Waals surface area (Å²) in [6.07, 6.45) is 5.97. The minimum atomic E-state index is -0.0120. The summed E-state index contributed by atoms with van der Waals surface area (Å²) >= 11 is 6.51. The van der Waals surface area contributed by atoms with E-state index in [1.54, 1.807) is 6.33 Å². The van der Waals surface area contributed by atoms with Crippen molar-refractivity contribution in [1.29, 1.82) is 0 Å². The van der Waals surface area contributed by atoms with Crippen LogP contribution in [0.5, 0.6) is 5.75 Å². The summed E-state index contributed by atoms with van der Waals surface area (Å²) in [6, 6.07) is 11.9. The summed E-state index contributed by atoms with van der Waals surface area (Å²) in [5, 5.41) is 4.86. The van der Waals surface area contributed by atoms with Crippen molar-refractivity contribution in [2.45, 2.75) is 25.2 Å². The van der Waals surface area contributed by atoms with E-state index < -0.39 is 0 Å². The number of aromatic nitrogens is 2. The van der Waals surface area contributed by atoms with E-state index in [1.807, 2.05) is 29.2 Å². The Hall–Kier alpha value is -3.16. The predicted octanol–water partition coefficient (Wildman–Crippen LogP) is 5.33. The molecule has 3 heterocycles. The van der Waals surface area contributed by atoms with Crippen LogP contribution in [-0.2, 0) is 9.53 Å². The fourth-order valence-electron chi connectivity index (χ4n) is 4.76. The van der Waals surface area contributed by atoms with Crippen molar-refractivity contribution in [3.8, 4) is 5.75 Å². The summed E-state index contributed by atoms with van der Waals surface area (Å²) in [5.74, 6) is 2.04. The maximum atomic E-state index is 12.1. The third kappa shape index (κ3) is 5.41. The quantitative estimate of drug-likeness (QED) is 0.449. The number of rotatable bonds is 7. The van der Waals surface area contributed by atoms with Gasteiger partial charge in [0.2, 0.25) is 5.91 Å². The van der Waals surface area contributed by atoms with Gasteiger partial charge < -0.3 is 19.7 Å². The van der Waals surface area contributed by atoms with Crippen LogP contribution in [0.15, 0.2) is 55.4 Å². The molecule has 0 saturated carbocycles. The Labute approximate surface area is 210 Å². The number of hydrogen-bond donors (Lipinski definition) is 1. The van der Waals surface area contributed by atoms with Crippen LogP contribution in [0.2, 0.25) is 5.02 Å². The van der Waals surface area contributed by atoms with E-state index in [9.17, 15) is 4.79 Å². The van der Waals surface area contributed by atoms with E-state index in [0.717, 1.165) is 55.6 Å². The van der Waals surface area contributed by atoms with Crippen molar-refractivity contribution < 1.29 is 14.3 Å². The summed E-state index contributed by atoms with van der Waals surface area (Å²) in [6.45, 7) is 7.23. The monoisotopic (exact) mass is 492 g/mol. The van der Waals surface area contributed by atoms with Crippen molar-refractivity contribution in [3.63, 3.8) is 0 Å². The van der Waals surface area contributed by atoms with Gasteiger partial charge in [-0.1, -0.05) is 24.2 Å². The van der Waals surface area contributed by atoms with Gasteiger partial charge in [0.05, 0.1) is 23.8 Å². The Morgan fingerprint density at radius 3 is 2.97 bits per heavy atom. The standard InChI is InChI=1S/C27H29ClN4O3/c1-2-26(33)32-10-3-4-20(14-32)19-5-7-24-22(12-19)27(30-17-29-24)31-21-6-8-25(23(28)13-21)35-16-18-9-11-34-15-18/h2,5-8,12-13,17-18,20H,1,3-4,9-11,14-16H2,(H,29,30,31). The first-order chi connectivity index (χ1) is 17.1. The lowest BCUT2D eigenvalue weighted by Gasteiger charge is -2.32. The molecule has 0 spiro atoms. The molecule has 2 unspecified atom stereocenters. The molecule has 0 aliphatic carbocycles. The smallest absolute Gasteiger partial charge is 0.245 e. The van der Waals surface area contributed by atoms with Gasteiger partial charge in [-0.25, -0.2) is 9.97 Å². The van der Waals surface area contributed by atoms with Crippen LogP contribution in [0.3, 0.4) is 0 Å². The number of hydrogen-bond acceptors (Lipinski definition) is 6. The first kappa shape index (κ1) is 23.6. The van der Waals surface area contributed by atoms with E-state index in [-0.39, 0.29) is 11.8 Å². The highest BCUT2D eigenvalue weighted by Crippen LogP contribution is 2.33. The highest BCUT2D eigenvalue weighted by atomic mass is 35.5. The minimum absolute atomic E-state index is 0.0120. The Morgan fingerprint density at radius 2 is 2.17 bits per heavy atom. The number of piperidine rings is 1. The van der Waals surface area contributed by atoms with Gasteiger partial charge in [0.15, 0.2) is 0 Å². The van der Waals surface area contributed by atoms with Crippen LogP contribution >= 0.6 is 11.6 Å². The van der Waals surface area contributed by atoms with Gasteiger partial charge in [-0.2, -0.15) is 0 Å². The third-order valence-corrected chi connectivity index (χ3v) is 7.03. The minimum Gasteiger partial charge on any atom is -0.492 e. The molecule has 2 atom stereocenters. The van der Waals surface area contributed by atoms with Gasteiger partial charge in [0.1, 0.15) is 17.9 Å². The molecule has 2 aliphatic rings. The average molecular weight is 493 g/mol. The van der Waals surface area contributed by atoms with E-state index in [1.165, 1.54) is 11.6 Å². The number of likely N-dealkylation sites (tertiary alicyclic amines) is 1.